The maximum atomic E-state index is 5.36. The van der Waals surface area contributed by atoms with E-state index in [9.17, 15) is 0 Å². The van der Waals surface area contributed by atoms with Crippen LogP contribution in [0.15, 0.2) is 12.1 Å². The Morgan fingerprint density at radius 1 is 1.22 bits per heavy atom. The first-order valence-electron chi connectivity index (χ1n) is 6.31. The monoisotopic (exact) mass is 246 g/mol. The van der Waals surface area contributed by atoms with Crippen LogP contribution in [0.4, 0.5) is 0 Å². The summed E-state index contributed by atoms with van der Waals surface area (Å²) < 4.78 is 13.0. The lowest BCUT2D eigenvalue weighted by Crippen LogP contribution is -2.02. The van der Waals surface area contributed by atoms with E-state index < -0.39 is 0 Å². The Morgan fingerprint density at radius 3 is 2.50 bits per heavy atom. The summed E-state index contributed by atoms with van der Waals surface area (Å²) in [5.74, 6) is 3.39. The molecule has 0 saturated heterocycles. The molecule has 0 spiro atoms. The summed E-state index contributed by atoms with van der Waals surface area (Å²) in [6.07, 6.45) is 2.68. The van der Waals surface area contributed by atoms with E-state index in [1.165, 1.54) is 12.8 Å². The molecule has 1 aliphatic carbocycles. The van der Waals surface area contributed by atoms with Gasteiger partial charge in [0.05, 0.1) is 25.3 Å². The molecule has 0 amide bonds. The number of benzene rings is 1. The number of methoxy groups -OCH3 is 2. The minimum absolute atomic E-state index is 0.737. The second kappa shape index (κ2) is 4.19. The number of hydrogen-bond donors (Lipinski definition) is 0. The quantitative estimate of drug-likeness (QED) is 0.832. The Hall–Kier alpha value is -1.71. The largest absolute Gasteiger partial charge is 0.493 e. The van der Waals surface area contributed by atoms with E-state index in [0.717, 1.165) is 40.8 Å². The normalized spacial score (nSPS) is 15.1. The van der Waals surface area contributed by atoms with E-state index >= 15 is 0 Å². The summed E-state index contributed by atoms with van der Waals surface area (Å²) in [6, 6.07) is 3.97. The van der Waals surface area contributed by atoms with Crippen LogP contribution in [0.5, 0.6) is 11.5 Å². The fraction of sp³-hybridized carbons (Fsp3) is 0.500. The van der Waals surface area contributed by atoms with Gasteiger partial charge in [0.1, 0.15) is 5.82 Å². The summed E-state index contributed by atoms with van der Waals surface area (Å²) in [5, 5.41) is 0. The first-order chi connectivity index (χ1) is 8.72. The second-order valence-electron chi connectivity index (χ2n) is 4.91. The molecule has 4 nitrogen and oxygen atoms in total. The molecule has 1 aromatic heterocycles. The predicted octanol–water partition coefficient (Wildman–Crippen LogP) is 2.77. The number of rotatable bonds is 4. The van der Waals surface area contributed by atoms with Gasteiger partial charge in [-0.15, -0.1) is 0 Å². The van der Waals surface area contributed by atoms with Crippen molar-refractivity contribution in [2.45, 2.75) is 26.3 Å². The van der Waals surface area contributed by atoms with E-state index in [1.807, 2.05) is 12.1 Å². The van der Waals surface area contributed by atoms with Crippen molar-refractivity contribution in [3.05, 3.63) is 18.0 Å². The van der Waals surface area contributed by atoms with Crippen LogP contribution in [0.1, 0.15) is 18.7 Å². The molecule has 18 heavy (non-hydrogen) atoms. The number of ether oxygens (including phenoxy) is 2. The maximum absolute atomic E-state index is 5.36. The van der Waals surface area contributed by atoms with Crippen molar-refractivity contribution in [1.82, 2.24) is 9.55 Å². The molecule has 3 rings (SSSR count). The van der Waals surface area contributed by atoms with Crippen molar-refractivity contribution in [1.29, 1.82) is 0 Å². The van der Waals surface area contributed by atoms with E-state index in [0.29, 0.717) is 0 Å². The van der Waals surface area contributed by atoms with Gasteiger partial charge in [0.25, 0.3) is 0 Å². The third-order valence-corrected chi connectivity index (χ3v) is 3.58. The highest BCUT2D eigenvalue weighted by molar-refractivity contribution is 5.80. The van der Waals surface area contributed by atoms with Gasteiger partial charge >= 0.3 is 0 Å². The van der Waals surface area contributed by atoms with E-state index in [-0.39, 0.29) is 0 Å². The molecule has 96 valence electrons. The maximum Gasteiger partial charge on any atom is 0.163 e. The zero-order chi connectivity index (χ0) is 12.7. The Bertz CT molecular complexity index is 585. The Balaban J connectivity index is 2.14. The van der Waals surface area contributed by atoms with Gasteiger partial charge in [0.15, 0.2) is 11.5 Å². The number of aromatic nitrogens is 2. The first-order valence-corrected chi connectivity index (χ1v) is 6.31. The van der Waals surface area contributed by atoms with Gasteiger partial charge in [-0.2, -0.15) is 0 Å². The third kappa shape index (κ3) is 1.82. The molecule has 1 heterocycles. The smallest absolute Gasteiger partial charge is 0.163 e. The van der Waals surface area contributed by atoms with Crippen LogP contribution >= 0.6 is 0 Å². The highest BCUT2D eigenvalue weighted by Gasteiger charge is 2.24. The van der Waals surface area contributed by atoms with Gasteiger partial charge in [0, 0.05) is 18.7 Å². The number of aryl methyl sites for hydroxylation is 1. The summed E-state index contributed by atoms with van der Waals surface area (Å²) in [6.45, 7) is 3.12. The molecule has 1 aromatic carbocycles. The van der Waals surface area contributed by atoms with Crippen LogP contribution < -0.4 is 9.47 Å². The van der Waals surface area contributed by atoms with Crippen LogP contribution in [0.25, 0.3) is 11.0 Å². The molecule has 4 heteroatoms. The van der Waals surface area contributed by atoms with Crippen LogP contribution in [-0.2, 0) is 6.54 Å². The summed E-state index contributed by atoms with van der Waals surface area (Å²) in [7, 11) is 3.32. The number of fused-ring (bicyclic) bond motifs is 1. The van der Waals surface area contributed by atoms with Gasteiger partial charge < -0.3 is 14.0 Å². The van der Waals surface area contributed by atoms with E-state index in [4.69, 9.17) is 9.47 Å². The predicted molar refractivity (Wildman–Crippen MR) is 70.3 cm³/mol. The molecule has 1 saturated carbocycles. The first kappa shape index (κ1) is 11.4. The van der Waals surface area contributed by atoms with Crippen molar-refractivity contribution in [2.75, 3.05) is 14.2 Å². The Kier molecular flexibility index (Phi) is 2.65. The van der Waals surface area contributed by atoms with Gasteiger partial charge in [-0.05, 0) is 25.7 Å². The minimum atomic E-state index is 0.737. The molecule has 0 radical (unpaired) electrons. The number of imidazole rings is 1. The van der Waals surface area contributed by atoms with Gasteiger partial charge in [-0.25, -0.2) is 4.98 Å². The summed E-state index contributed by atoms with van der Waals surface area (Å²) >= 11 is 0. The SMILES string of the molecule is COc1cc2nc(C)n(CC3CC3)c2cc1OC. The van der Waals surface area contributed by atoms with Gasteiger partial charge in [-0.3, -0.25) is 0 Å². The molecule has 2 aromatic rings. The average molecular weight is 246 g/mol. The lowest BCUT2D eigenvalue weighted by molar-refractivity contribution is 0.355. The van der Waals surface area contributed by atoms with Crippen molar-refractivity contribution in [3.63, 3.8) is 0 Å². The minimum Gasteiger partial charge on any atom is -0.493 e. The molecule has 0 bridgehead atoms. The molecule has 1 fully saturated rings. The van der Waals surface area contributed by atoms with Crippen LogP contribution in [-0.4, -0.2) is 23.8 Å². The zero-order valence-electron chi connectivity index (χ0n) is 11.1. The van der Waals surface area contributed by atoms with E-state index in [1.54, 1.807) is 14.2 Å². The molecular formula is C14H18N2O2. The number of nitrogens with zero attached hydrogens (tertiary/aromatic N) is 2. The number of hydrogen-bond acceptors (Lipinski definition) is 3. The molecule has 1 aliphatic rings. The highest BCUT2D eigenvalue weighted by atomic mass is 16.5. The van der Waals surface area contributed by atoms with Crippen molar-refractivity contribution in [2.24, 2.45) is 5.92 Å². The molecule has 0 unspecified atom stereocenters. The van der Waals surface area contributed by atoms with Crippen LogP contribution in [0, 0.1) is 12.8 Å². The molecular weight excluding hydrogens is 228 g/mol. The summed E-state index contributed by atoms with van der Waals surface area (Å²) in [4.78, 5) is 4.61. The summed E-state index contributed by atoms with van der Waals surface area (Å²) in [5.41, 5.74) is 2.11. The fourth-order valence-corrected chi connectivity index (χ4v) is 2.36. The Labute approximate surface area is 107 Å². The topological polar surface area (TPSA) is 36.3 Å². The average Bonchev–Trinajstić information content (AvgIpc) is 3.14. The molecule has 0 aliphatic heterocycles. The Morgan fingerprint density at radius 2 is 1.89 bits per heavy atom. The fourth-order valence-electron chi connectivity index (χ4n) is 2.36. The van der Waals surface area contributed by atoms with Gasteiger partial charge in [-0.1, -0.05) is 0 Å². The van der Waals surface area contributed by atoms with Crippen molar-refractivity contribution < 1.29 is 9.47 Å². The standard InChI is InChI=1S/C14H18N2O2/c1-9-15-11-6-13(17-2)14(18-3)7-12(11)16(9)8-10-4-5-10/h6-7,10H,4-5,8H2,1-3H3. The van der Waals surface area contributed by atoms with E-state index in [2.05, 4.69) is 16.5 Å². The molecule has 0 N–H and O–H groups in total. The van der Waals surface area contributed by atoms with Crippen LogP contribution in [0.3, 0.4) is 0 Å². The molecule has 0 atom stereocenters. The highest BCUT2D eigenvalue weighted by Crippen LogP contribution is 2.35. The third-order valence-electron chi connectivity index (χ3n) is 3.58. The van der Waals surface area contributed by atoms with Gasteiger partial charge in [0.2, 0.25) is 0 Å². The lowest BCUT2D eigenvalue weighted by atomic mass is 10.2. The van der Waals surface area contributed by atoms with Crippen LogP contribution in [0.2, 0.25) is 0 Å². The van der Waals surface area contributed by atoms with Crippen molar-refractivity contribution >= 4 is 11.0 Å². The lowest BCUT2D eigenvalue weighted by Gasteiger charge is -2.09. The van der Waals surface area contributed by atoms with Crippen molar-refractivity contribution in [3.8, 4) is 11.5 Å². The second-order valence-corrected chi connectivity index (χ2v) is 4.91. The zero-order valence-corrected chi connectivity index (χ0v) is 11.1.